The van der Waals surface area contributed by atoms with Crippen molar-refractivity contribution in [2.75, 3.05) is 0 Å². The molecule has 0 N–H and O–H groups in total. The highest BCUT2D eigenvalue weighted by Gasteiger charge is 2.33. The Morgan fingerprint density at radius 3 is 1.11 bits per heavy atom. The Kier molecular flexibility index (Phi) is 13.5. The average Bonchev–Trinajstić information content (AvgIpc) is 1.55. The van der Waals surface area contributed by atoms with Crippen LogP contribution in [0.25, 0.3) is 232 Å². The molecule has 0 bridgehead atoms. The molecule has 0 saturated carbocycles. The molecular formula is C108H63N15. The Hall–Kier alpha value is -16.7. The average molecular weight is 1570 g/mol. The van der Waals surface area contributed by atoms with E-state index in [9.17, 15) is 0 Å². The summed E-state index contributed by atoms with van der Waals surface area (Å²) in [6, 6.07) is 110. The number of rotatable bonds is 3. The number of aromatic nitrogens is 15. The monoisotopic (exact) mass is 1570 g/mol. The van der Waals surface area contributed by atoms with E-state index in [0.717, 1.165) is 119 Å². The predicted octanol–water partition coefficient (Wildman–Crippen LogP) is 24.8. The zero-order valence-corrected chi connectivity index (χ0v) is 65.7. The van der Waals surface area contributed by atoms with Crippen molar-refractivity contribution in [3.05, 3.63) is 380 Å². The Labute approximate surface area is 698 Å². The lowest BCUT2D eigenvalue weighted by Crippen LogP contribution is -1.97. The maximum absolute atomic E-state index is 5.16. The molecule has 0 radical (unpaired) electrons. The highest BCUT2D eigenvalue weighted by atomic mass is 15.1. The van der Waals surface area contributed by atoms with Gasteiger partial charge in [0.2, 0.25) is 0 Å². The molecular weight excluding hydrogens is 1510 g/mol. The van der Waals surface area contributed by atoms with Gasteiger partial charge >= 0.3 is 0 Å². The standard InChI is InChI=1S/3C36H21N5/c1-2-8-22(9-3-1)40-29-12-5-4-10-23(29)25-15-14-21-20-27-24(31(21)34(25)40)16-17-26-32(27)36-39-28-11-6-19-38-35(28)41(36)30-13-7-18-37-33(26)30;1-2-8-21(9-3-1)40-29-12-5-4-10-24(29)32-26-20-27-22(23(26)16-17-30(32)40)14-15-25-33(27)36-39-28-11-6-19-38-35(28)41(36)31-13-7-18-37-34(25)31;1-2-8-22(9-3-1)40-30-12-5-4-10-24(30)27-18-21-19-28-23(26(21)20-32(27)40)14-15-25-33(28)36-39-29-11-6-17-38-35(29)41(36)31-13-7-16-37-34(25)31/h2*1-19H,20H2;1-18,20H,19H2. The number of para-hydroxylation sites is 6. The second-order valence-electron chi connectivity index (χ2n) is 32.6. The van der Waals surface area contributed by atoms with Crippen molar-refractivity contribution >= 4 is 181 Å². The van der Waals surface area contributed by atoms with Crippen LogP contribution in [-0.4, -0.2) is 71.8 Å². The van der Waals surface area contributed by atoms with Crippen LogP contribution in [0.5, 0.6) is 0 Å². The lowest BCUT2D eigenvalue weighted by molar-refractivity contribution is 1.18. The van der Waals surface area contributed by atoms with Crippen LogP contribution >= 0.6 is 0 Å². The third kappa shape index (κ3) is 9.12. The molecule has 570 valence electrons. The molecule has 27 aromatic rings. The van der Waals surface area contributed by atoms with E-state index in [2.05, 4.69) is 282 Å². The SMILES string of the molecule is c1ccc(-n2c3ccccc3c3c4c(ccc32)-c2ccc3c5ncccc5n5c6ncccc6nc5c3c2C4)cc1.c1ccc(-n2c3ccccc3c3cc4c(cc32)-c2ccc3c5ncccc5n5c6ncccc6nc5c3c2C4)cc1.c1ccc(-n2c3ccccc3c3ccc4c(c32)-c2ccc3c5ncccc5n5c6ncccc6nc5c3c2C4)cc1. The molecule has 0 unspecified atom stereocenters. The summed E-state index contributed by atoms with van der Waals surface area (Å²) >= 11 is 0. The number of fused-ring (bicyclic) bond motifs is 47. The van der Waals surface area contributed by atoms with E-state index >= 15 is 0 Å². The Morgan fingerprint density at radius 1 is 0.211 bits per heavy atom. The minimum absolute atomic E-state index is 0.840. The molecule has 0 saturated heterocycles. The number of pyridine rings is 9. The van der Waals surface area contributed by atoms with E-state index in [1.54, 1.807) is 0 Å². The van der Waals surface area contributed by atoms with E-state index in [4.69, 9.17) is 44.9 Å². The van der Waals surface area contributed by atoms with E-state index in [-0.39, 0.29) is 0 Å². The van der Waals surface area contributed by atoms with Crippen LogP contribution in [0.2, 0.25) is 0 Å². The molecule has 15 aromatic heterocycles. The van der Waals surface area contributed by atoms with Crippen molar-refractivity contribution in [1.29, 1.82) is 0 Å². The van der Waals surface area contributed by atoms with Crippen LogP contribution in [0, 0.1) is 0 Å². The molecule has 15 nitrogen and oxygen atoms in total. The van der Waals surface area contributed by atoms with Crippen LogP contribution in [0.1, 0.15) is 33.4 Å². The topological polar surface area (TPSA) is 144 Å². The maximum atomic E-state index is 5.16. The van der Waals surface area contributed by atoms with Gasteiger partial charge in [-0.2, -0.15) is 0 Å². The minimum Gasteiger partial charge on any atom is -0.309 e. The second kappa shape index (κ2) is 25.0. The first-order valence-corrected chi connectivity index (χ1v) is 41.8. The van der Waals surface area contributed by atoms with E-state index in [0.29, 0.717) is 0 Å². The van der Waals surface area contributed by atoms with Crippen molar-refractivity contribution in [2.45, 2.75) is 19.3 Å². The van der Waals surface area contributed by atoms with Crippen LogP contribution < -0.4 is 0 Å². The van der Waals surface area contributed by atoms with Crippen LogP contribution in [0.15, 0.2) is 347 Å². The first-order valence-electron chi connectivity index (χ1n) is 41.8. The number of nitrogens with zero attached hydrogens (tertiary/aromatic N) is 15. The van der Waals surface area contributed by atoms with Crippen molar-refractivity contribution in [2.24, 2.45) is 0 Å². The minimum atomic E-state index is 0.840. The normalized spacial score (nSPS) is 12.8. The van der Waals surface area contributed by atoms with Crippen molar-refractivity contribution in [3.8, 4) is 50.4 Å². The van der Waals surface area contributed by atoms with Crippen molar-refractivity contribution < 1.29 is 0 Å². The molecule has 0 amide bonds. The third-order valence-corrected chi connectivity index (χ3v) is 26.5. The van der Waals surface area contributed by atoms with Crippen LogP contribution in [0.3, 0.4) is 0 Å². The molecule has 0 aliphatic heterocycles. The molecule has 0 spiro atoms. The summed E-state index contributed by atoms with van der Waals surface area (Å²) in [6.45, 7) is 0. The summed E-state index contributed by atoms with van der Waals surface area (Å²) in [4.78, 5) is 44.3. The fraction of sp³-hybridized carbons (Fsp3) is 0.0278. The Bertz CT molecular complexity index is 9380. The predicted molar refractivity (Wildman–Crippen MR) is 498 cm³/mol. The largest absolute Gasteiger partial charge is 0.309 e. The Balaban J connectivity index is 0.0000000946. The molecule has 3 aliphatic rings. The summed E-state index contributed by atoms with van der Waals surface area (Å²) in [7, 11) is 0. The Morgan fingerprint density at radius 2 is 0.585 bits per heavy atom. The van der Waals surface area contributed by atoms with Gasteiger partial charge in [-0.05, 0) is 220 Å². The molecule has 0 fully saturated rings. The molecule has 0 atom stereocenters. The van der Waals surface area contributed by atoms with E-state index in [1.165, 1.54) is 165 Å². The lowest BCUT2D eigenvalue weighted by atomic mass is 9.98. The smallest absolute Gasteiger partial charge is 0.165 e. The first kappa shape index (κ1) is 66.4. The van der Waals surface area contributed by atoms with Gasteiger partial charge in [0.25, 0.3) is 0 Å². The molecule has 15 heterocycles. The molecule has 3 aliphatic carbocycles. The lowest BCUT2D eigenvalue weighted by Gasteiger charge is -2.13. The molecule has 30 rings (SSSR count). The van der Waals surface area contributed by atoms with Gasteiger partial charge in [0.1, 0.15) is 33.5 Å². The molecule has 15 heteroatoms. The van der Waals surface area contributed by atoms with Gasteiger partial charge < -0.3 is 13.7 Å². The summed E-state index contributed by atoms with van der Waals surface area (Å²) in [5.41, 5.74) is 40.8. The highest BCUT2D eigenvalue weighted by molar-refractivity contribution is 6.23. The third-order valence-electron chi connectivity index (χ3n) is 26.5. The van der Waals surface area contributed by atoms with Gasteiger partial charge in [0.15, 0.2) is 16.9 Å². The number of imidazole rings is 3. The quantitative estimate of drug-likeness (QED) is 0.158. The van der Waals surface area contributed by atoms with Gasteiger partial charge in [-0.15, -0.1) is 0 Å². The zero-order chi connectivity index (χ0) is 80.0. The van der Waals surface area contributed by atoms with Gasteiger partial charge in [0.05, 0.1) is 66.2 Å². The fourth-order valence-corrected chi connectivity index (χ4v) is 21.6. The summed E-state index contributed by atoms with van der Waals surface area (Å²) < 4.78 is 13.8. The van der Waals surface area contributed by atoms with Gasteiger partial charge in [0, 0.05) is 131 Å². The van der Waals surface area contributed by atoms with Crippen LogP contribution in [-0.2, 0) is 19.3 Å². The maximum Gasteiger partial charge on any atom is 0.165 e. The van der Waals surface area contributed by atoms with Crippen LogP contribution in [0.4, 0.5) is 0 Å². The van der Waals surface area contributed by atoms with Gasteiger partial charge in [-0.1, -0.05) is 164 Å². The summed E-state index contributed by atoms with van der Waals surface area (Å²) in [6.07, 6.45) is 13.7. The second-order valence-corrected chi connectivity index (χ2v) is 32.6. The summed E-state index contributed by atoms with van der Waals surface area (Å²) in [5, 5.41) is 14.6. The molecule has 123 heavy (non-hydrogen) atoms. The van der Waals surface area contributed by atoms with Crippen molar-refractivity contribution in [1.82, 2.24) is 71.8 Å². The van der Waals surface area contributed by atoms with Gasteiger partial charge in [-0.3, -0.25) is 28.2 Å². The first-order chi connectivity index (χ1) is 61.1. The zero-order valence-electron chi connectivity index (χ0n) is 65.7. The van der Waals surface area contributed by atoms with E-state index in [1.807, 2.05) is 91.8 Å². The molecule has 12 aromatic carbocycles. The summed E-state index contributed by atoms with van der Waals surface area (Å²) in [5.74, 6) is 0. The fourth-order valence-electron chi connectivity index (χ4n) is 21.6. The van der Waals surface area contributed by atoms with Gasteiger partial charge in [-0.25, -0.2) is 29.9 Å². The number of benzene rings is 12. The number of hydrogen-bond donors (Lipinski definition) is 0. The highest BCUT2D eigenvalue weighted by Crippen LogP contribution is 2.53. The number of hydrogen-bond acceptors (Lipinski definition) is 9. The van der Waals surface area contributed by atoms with Crippen molar-refractivity contribution in [3.63, 3.8) is 0 Å². The van der Waals surface area contributed by atoms with E-state index < -0.39 is 0 Å².